The third-order valence-corrected chi connectivity index (χ3v) is 2.87. The van der Waals surface area contributed by atoms with Crippen LogP contribution >= 0.6 is 11.6 Å². The number of aromatic nitrogens is 1. The van der Waals surface area contributed by atoms with Crippen molar-refractivity contribution in [3.8, 4) is 0 Å². The van der Waals surface area contributed by atoms with Gasteiger partial charge in [0.2, 0.25) is 0 Å². The van der Waals surface area contributed by atoms with Crippen molar-refractivity contribution in [1.29, 1.82) is 0 Å². The number of hydrogen-bond donors (Lipinski definition) is 2. The lowest BCUT2D eigenvalue weighted by Crippen LogP contribution is -2.20. The van der Waals surface area contributed by atoms with Gasteiger partial charge in [-0.25, -0.2) is 9.78 Å². The molecule has 0 radical (unpaired) electrons. The molecule has 2 amide bonds. The van der Waals surface area contributed by atoms with Gasteiger partial charge in [0, 0.05) is 6.20 Å². The van der Waals surface area contributed by atoms with Crippen LogP contribution in [-0.4, -0.2) is 11.0 Å². The third kappa shape index (κ3) is 3.45. The predicted octanol–water partition coefficient (Wildman–Crippen LogP) is 4.00. The summed E-state index contributed by atoms with van der Waals surface area (Å²) in [4.78, 5) is 15.9. The molecule has 0 fully saturated rings. The Labute approximate surface area is 116 Å². The maximum Gasteiger partial charge on any atom is 0.324 e. The Balaban J connectivity index is 2.12. The molecule has 4 nitrogen and oxygen atoms in total. The number of anilines is 2. The molecule has 19 heavy (non-hydrogen) atoms. The van der Waals surface area contributed by atoms with Crippen LogP contribution in [0.1, 0.15) is 11.1 Å². The first-order chi connectivity index (χ1) is 9.06. The van der Waals surface area contributed by atoms with Crippen molar-refractivity contribution in [3.05, 3.63) is 52.7 Å². The number of aryl methyl sites for hydroxylation is 2. The summed E-state index contributed by atoms with van der Waals surface area (Å²) in [7, 11) is 0. The third-order valence-electron chi connectivity index (χ3n) is 2.58. The quantitative estimate of drug-likeness (QED) is 0.870. The molecule has 0 spiro atoms. The van der Waals surface area contributed by atoms with Crippen LogP contribution in [0, 0.1) is 13.8 Å². The van der Waals surface area contributed by atoms with E-state index in [2.05, 4.69) is 15.6 Å². The molecule has 1 aromatic heterocycles. The number of hydrogen-bond acceptors (Lipinski definition) is 2. The van der Waals surface area contributed by atoms with Crippen molar-refractivity contribution in [3.63, 3.8) is 0 Å². The molecular formula is C14H14ClN3O. The highest BCUT2D eigenvalue weighted by atomic mass is 35.5. The van der Waals surface area contributed by atoms with Gasteiger partial charge >= 0.3 is 6.03 Å². The summed E-state index contributed by atoms with van der Waals surface area (Å²) < 4.78 is 0. The molecule has 0 bridgehead atoms. The van der Waals surface area contributed by atoms with Gasteiger partial charge in [0.1, 0.15) is 5.82 Å². The number of urea groups is 1. The summed E-state index contributed by atoms with van der Waals surface area (Å²) in [6.45, 7) is 3.85. The van der Waals surface area contributed by atoms with Crippen molar-refractivity contribution in [1.82, 2.24) is 4.98 Å². The van der Waals surface area contributed by atoms with Gasteiger partial charge in [-0.1, -0.05) is 23.7 Å². The van der Waals surface area contributed by atoms with Gasteiger partial charge in [0.15, 0.2) is 0 Å². The van der Waals surface area contributed by atoms with E-state index in [-0.39, 0.29) is 6.03 Å². The maximum atomic E-state index is 11.9. The number of halogens is 1. The van der Waals surface area contributed by atoms with Gasteiger partial charge in [-0.15, -0.1) is 0 Å². The van der Waals surface area contributed by atoms with Gasteiger partial charge in [0.05, 0.1) is 10.7 Å². The fourth-order valence-electron chi connectivity index (χ4n) is 1.77. The predicted molar refractivity (Wildman–Crippen MR) is 77.8 cm³/mol. The molecule has 0 aliphatic rings. The zero-order chi connectivity index (χ0) is 13.8. The molecule has 0 saturated heterocycles. The number of benzene rings is 1. The van der Waals surface area contributed by atoms with Crippen LogP contribution in [0.2, 0.25) is 5.02 Å². The summed E-state index contributed by atoms with van der Waals surface area (Å²) in [6.07, 6.45) is 1.61. The highest BCUT2D eigenvalue weighted by Gasteiger charge is 2.09. The molecule has 0 unspecified atom stereocenters. The monoisotopic (exact) mass is 275 g/mol. The fourth-order valence-corrected chi connectivity index (χ4v) is 2.14. The SMILES string of the molecule is Cc1cc(C)c(NC(=O)Nc2ccccn2)c(Cl)c1. The number of nitrogens with one attached hydrogen (secondary N) is 2. The second-order valence-electron chi connectivity index (χ2n) is 4.23. The molecule has 1 aromatic carbocycles. The second kappa shape index (κ2) is 5.71. The summed E-state index contributed by atoms with van der Waals surface area (Å²) in [5, 5.41) is 5.89. The van der Waals surface area contributed by atoms with Crippen molar-refractivity contribution in [2.24, 2.45) is 0 Å². The normalized spacial score (nSPS) is 10.1. The van der Waals surface area contributed by atoms with Crippen molar-refractivity contribution >= 4 is 29.1 Å². The summed E-state index contributed by atoms with van der Waals surface area (Å²) in [6, 6.07) is 8.69. The van der Waals surface area contributed by atoms with E-state index >= 15 is 0 Å². The van der Waals surface area contributed by atoms with E-state index in [1.165, 1.54) is 0 Å². The molecule has 0 aliphatic heterocycles. The van der Waals surface area contributed by atoms with E-state index in [4.69, 9.17) is 11.6 Å². The topological polar surface area (TPSA) is 54.0 Å². The fraction of sp³-hybridized carbons (Fsp3) is 0.143. The largest absolute Gasteiger partial charge is 0.324 e. The molecule has 0 saturated carbocycles. The van der Waals surface area contributed by atoms with Crippen molar-refractivity contribution in [2.45, 2.75) is 13.8 Å². The molecule has 5 heteroatoms. The standard InChI is InChI=1S/C14H14ClN3O/c1-9-7-10(2)13(11(15)8-9)18-14(19)17-12-5-3-4-6-16-12/h3-8H,1-2H3,(H2,16,17,18,19). The van der Waals surface area contributed by atoms with Crippen LogP contribution in [0.4, 0.5) is 16.3 Å². The Hall–Kier alpha value is -2.07. The highest BCUT2D eigenvalue weighted by Crippen LogP contribution is 2.27. The average Bonchev–Trinajstić information content (AvgIpc) is 2.35. The van der Waals surface area contributed by atoms with E-state index in [0.29, 0.717) is 16.5 Å². The molecule has 98 valence electrons. The first-order valence-corrected chi connectivity index (χ1v) is 6.20. The van der Waals surface area contributed by atoms with Gasteiger partial charge in [-0.3, -0.25) is 5.32 Å². The smallest absolute Gasteiger partial charge is 0.306 e. The number of pyridine rings is 1. The summed E-state index contributed by atoms with van der Waals surface area (Å²) in [5.41, 5.74) is 2.58. The van der Waals surface area contributed by atoms with Gasteiger partial charge in [-0.05, 0) is 43.2 Å². The number of amides is 2. The first kappa shape index (κ1) is 13.4. The summed E-state index contributed by atoms with van der Waals surface area (Å²) >= 11 is 6.12. The summed E-state index contributed by atoms with van der Waals surface area (Å²) in [5.74, 6) is 0.487. The Morgan fingerprint density at radius 1 is 1.21 bits per heavy atom. The Kier molecular flexibility index (Phi) is 4.02. The van der Waals surface area contributed by atoms with E-state index in [0.717, 1.165) is 11.1 Å². The van der Waals surface area contributed by atoms with Gasteiger partial charge in [0.25, 0.3) is 0 Å². The Morgan fingerprint density at radius 3 is 2.63 bits per heavy atom. The van der Waals surface area contributed by atoms with Crippen LogP contribution in [0.3, 0.4) is 0 Å². The Bertz CT molecular complexity index is 576. The van der Waals surface area contributed by atoms with Crippen LogP contribution in [0.15, 0.2) is 36.5 Å². The highest BCUT2D eigenvalue weighted by molar-refractivity contribution is 6.34. The van der Waals surface area contributed by atoms with Crippen LogP contribution in [-0.2, 0) is 0 Å². The van der Waals surface area contributed by atoms with E-state index in [1.54, 1.807) is 24.4 Å². The maximum absolute atomic E-state index is 11.9. The zero-order valence-electron chi connectivity index (χ0n) is 10.7. The number of rotatable bonds is 2. The molecule has 2 N–H and O–H groups in total. The molecule has 1 heterocycles. The van der Waals surface area contributed by atoms with Crippen LogP contribution in [0.25, 0.3) is 0 Å². The number of carbonyl (C=O) groups is 1. The molecule has 2 rings (SSSR count). The van der Waals surface area contributed by atoms with Crippen molar-refractivity contribution < 1.29 is 4.79 Å². The number of nitrogens with zero attached hydrogens (tertiary/aromatic N) is 1. The van der Waals surface area contributed by atoms with E-state index in [1.807, 2.05) is 26.0 Å². The molecule has 2 aromatic rings. The van der Waals surface area contributed by atoms with Gasteiger partial charge < -0.3 is 5.32 Å². The van der Waals surface area contributed by atoms with Gasteiger partial charge in [-0.2, -0.15) is 0 Å². The van der Waals surface area contributed by atoms with E-state index < -0.39 is 0 Å². The lowest BCUT2D eigenvalue weighted by molar-refractivity contribution is 0.262. The molecular weight excluding hydrogens is 262 g/mol. The average molecular weight is 276 g/mol. The molecule has 0 atom stereocenters. The van der Waals surface area contributed by atoms with E-state index in [9.17, 15) is 4.79 Å². The minimum atomic E-state index is -0.368. The lowest BCUT2D eigenvalue weighted by Gasteiger charge is -2.12. The van der Waals surface area contributed by atoms with Crippen LogP contribution < -0.4 is 10.6 Å². The first-order valence-electron chi connectivity index (χ1n) is 5.82. The Morgan fingerprint density at radius 2 is 2.00 bits per heavy atom. The van der Waals surface area contributed by atoms with Crippen LogP contribution in [0.5, 0.6) is 0 Å². The number of carbonyl (C=O) groups excluding carboxylic acids is 1. The minimum absolute atomic E-state index is 0.368. The second-order valence-corrected chi connectivity index (χ2v) is 4.64. The minimum Gasteiger partial charge on any atom is -0.306 e. The molecule has 0 aliphatic carbocycles. The zero-order valence-corrected chi connectivity index (χ0v) is 11.5. The van der Waals surface area contributed by atoms with Crippen molar-refractivity contribution in [2.75, 3.05) is 10.6 Å². The lowest BCUT2D eigenvalue weighted by atomic mass is 10.1.